The minimum Gasteiger partial charge on any atom is -0.480 e. The molecule has 0 unspecified atom stereocenters. The Balaban J connectivity index is 2.29. The predicted molar refractivity (Wildman–Crippen MR) is 84.4 cm³/mol. The smallest absolute Gasteiger partial charge is 0.322 e. The highest BCUT2D eigenvalue weighted by atomic mass is 32.1. The van der Waals surface area contributed by atoms with Crippen LogP contribution >= 0.6 is 11.3 Å². The van der Waals surface area contributed by atoms with Gasteiger partial charge in [0.15, 0.2) is 0 Å². The van der Waals surface area contributed by atoms with E-state index < -0.39 is 23.8 Å². The fraction of sp³-hybridized carbons (Fsp3) is 0.533. The number of hydrogen-bond acceptors (Lipinski definition) is 4. The molecule has 0 saturated carbocycles. The molecule has 0 saturated heterocycles. The van der Waals surface area contributed by atoms with Crippen molar-refractivity contribution in [3.63, 3.8) is 0 Å². The molecule has 0 atom stereocenters. The summed E-state index contributed by atoms with van der Waals surface area (Å²) in [6.07, 6.45) is 2.66. The second-order valence-electron chi connectivity index (χ2n) is 6.34. The molecule has 1 heterocycles. The zero-order chi connectivity index (χ0) is 16.5. The van der Waals surface area contributed by atoms with Crippen LogP contribution in [-0.2, 0) is 22.4 Å². The molecule has 2 rings (SSSR count). The van der Waals surface area contributed by atoms with E-state index in [1.54, 1.807) is 20.8 Å². The van der Waals surface area contributed by atoms with Gasteiger partial charge >= 0.3 is 5.97 Å². The third kappa shape index (κ3) is 3.47. The maximum absolute atomic E-state index is 12.3. The zero-order valence-electron chi connectivity index (χ0n) is 12.9. The number of aryl methyl sites for hydroxylation is 1. The van der Waals surface area contributed by atoms with Crippen LogP contribution in [0.4, 0.5) is 5.00 Å². The number of carbonyl (C=O) groups is 3. The summed E-state index contributed by atoms with van der Waals surface area (Å²) < 4.78 is 0. The number of rotatable bonds is 4. The number of carboxylic acid groups (broad SMARTS) is 1. The Hall–Kier alpha value is -1.89. The summed E-state index contributed by atoms with van der Waals surface area (Å²) >= 11 is 1.42. The van der Waals surface area contributed by atoms with E-state index in [0.717, 1.165) is 29.7 Å². The van der Waals surface area contributed by atoms with Crippen molar-refractivity contribution in [3.8, 4) is 0 Å². The van der Waals surface area contributed by atoms with Crippen LogP contribution in [0.1, 0.15) is 48.0 Å². The topological polar surface area (TPSA) is 95.5 Å². The zero-order valence-corrected chi connectivity index (χ0v) is 13.7. The fourth-order valence-corrected chi connectivity index (χ4v) is 3.55. The Labute approximate surface area is 132 Å². The van der Waals surface area contributed by atoms with E-state index in [-0.39, 0.29) is 5.91 Å². The van der Waals surface area contributed by atoms with E-state index in [1.165, 1.54) is 11.3 Å². The second-order valence-corrected chi connectivity index (χ2v) is 7.45. The minimum atomic E-state index is -1.10. The first-order chi connectivity index (χ1) is 10.2. The third-order valence-electron chi connectivity index (χ3n) is 3.46. The quantitative estimate of drug-likeness (QED) is 0.790. The van der Waals surface area contributed by atoms with Gasteiger partial charge in [-0.3, -0.25) is 14.4 Å². The molecule has 0 radical (unpaired) electrons. The number of amides is 2. The van der Waals surface area contributed by atoms with E-state index in [2.05, 4.69) is 10.6 Å². The van der Waals surface area contributed by atoms with Crippen molar-refractivity contribution in [2.45, 2.75) is 40.0 Å². The molecular formula is C15H20N2O4S. The molecule has 1 aliphatic carbocycles. The molecule has 22 heavy (non-hydrogen) atoms. The van der Waals surface area contributed by atoms with Crippen LogP contribution in [-0.4, -0.2) is 29.4 Å². The third-order valence-corrected chi connectivity index (χ3v) is 4.66. The lowest BCUT2D eigenvalue weighted by atomic mass is 9.95. The Bertz CT molecular complexity index is 628. The minimum absolute atomic E-state index is 0.167. The summed E-state index contributed by atoms with van der Waals surface area (Å²) in [7, 11) is 0. The van der Waals surface area contributed by atoms with Gasteiger partial charge < -0.3 is 15.7 Å². The monoisotopic (exact) mass is 324 g/mol. The molecule has 0 bridgehead atoms. The summed E-state index contributed by atoms with van der Waals surface area (Å²) in [6, 6.07) is 0. The van der Waals surface area contributed by atoms with Crippen molar-refractivity contribution in [1.29, 1.82) is 0 Å². The number of fused-ring (bicyclic) bond motifs is 1. The molecule has 1 aliphatic rings. The molecule has 6 nitrogen and oxygen atoms in total. The Morgan fingerprint density at radius 1 is 1.23 bits per heavy atom. The summed E-state index contributed by atoms with van der Waals surface area (Å²) in [5, 5.41) is 14.4. The molecule has 120 valence electrons. The maximum Gasteiger partial charge on any atom is 0.322 e. The molecule has 0 aromatic carbocycles. The molecular weight excluding hydrogens is 304 g/mol. The van der Waals surface area contributed by atoms with Crippen molar-refractivity contribution in [3.05, 3.63) is 16.0 Å². The van der Waals surface area contributed by atoms with E-state index in [0.29, 0.717) is 10.6 Å². The van der Waals surface area contributed by atoms with E-state index in [9.17, 15) is 14.4 Å². The summed E-state index contributed by atoms with van der Waals surface area (Å²) in [6.45, 7) is 4.96. The molecule has 1 aromatic rings. The number of hydrogen-bond donors (Lipinski definition) is 3. The largest absolute Gasteiger partial charge is 0.480 e. The first-order valence-corrected chi connectivity index (χ1v) is 7.97. The van der Waals surface area contributed by atoms with Crippen molar-refractivity contribution in [2.24, 2.45) is 5.41 Å². The number of nitrogens with one attached hydrogen (secondary N) is 2. The Morgan fingerprint density at radius 3 is 2.50 bits per heavy atom. The van der Waals surface area contributed by atoms with Crippen molar-refractivity contribution in [1.82, 2.24) is 5.32 Å². The molecule has 0 fully saturated rings. The number of thiophene rings is 1. The molecule has 0 aliphatic heterocycles. The van der Waals surface area contributed by atoms with Gasteiger partial charge in [0.2, 0.25) is 5.91 Å². The summed E-state index contributed by atoms with van der Waals surface area (Å²) in [5.74, 6) is -1.70. The summed E-state index contributed by atoms with van der Waals surface area (Å²) in [5.41, 5.74) is 0.803. The van der Waals surface area contributed by atoms with E-state index in [4.69, 9.17) is 5.11 Å². The van der Waals surface area contributed by atoms with Gasteiger partial charge in [0.05, 0.1) is 5.56 Å². The second kappa shape index (κ2) is 6.08. The standard InChI is InChI=1S/C15H20N2O4S/c1-15(2,3)14(21)17-13-11(12(20)16-7-10(18)19)8-5-4-6-9(8)22-13/h4-7H2,1-3H3,(H,16,20)(H,17,21)(H,18,19). The van der Waals surface area contributed by atoms with Crippen molar-refractivity contribution >= 4 is 34.1 Å². The van der Waals surface area contributed by atoms with Gasteiger partial charge in [-0.25, -0.2) is 0 Å². The average Bonchev–Trinajstić information content (AvgIpc) is 2.94. The van der Waals surface area contributed by atoms with Gasteiger partial charge in [-0.05, 0) is 24.8 Å². The van der Waals surface area contributed by atoms with Gasteiger partial charge in [-0.15, -0.1) is 11.3 Å². The maximum atomic E-state index is 12.3. The lowest BCUT2D eigenvalue weighted by Crippen LogP contribution is -2.32. The number of carbonyl (C=O) groups excluding carboxylic acids is 2. The number of carboxylic acids is 1. The highest BCUT2D eigenvalue weighted by Crippen LogP contribution is 2.39. The van der Waals surface area contributed by atoms with Gasteiger partial charge in [0.1, 0.15) is 11.5 Å². The lowest BCUT2D eigenvalue weighted by Gasteiger charge is -2.17. The van der Waals surface area contributed by atoms with Crippen LogP contribution in [0.15, 0.2) is 0 Å². The molecule has 2 amide bonds. The van der Waals surface area contributed by atoms with E-state index in [1.807, 2.05) is 0 Å². The van der Waals surface area contributed by atoms with E-state index >= 15 is 0 Å². The highest BCUT2D eigenvalue weighted by molar-refractivity contribution is 7.17. The predicted octanol–water partition coefficient (Wildman–Crippen LogP) is 2.04. The number of aliphatic carboxylic acids is 1. The first kappa shape index (κ1) is 16.5. The van der Waals surface area contributed by atoms with Crippen molar-refractivity contribution in [2.75, 3.05) is 11.9 Å². The molecule has 3 N–H and O–H groups in total. The SMILES string of the molecule is CC(C)(C)C(=O)Nc1sc2c(c1C(=O)NCC(=O)O)CCC2. The molecule has 1 aromatic heterocycles. The van der Waals surface area contributed by atoms with Crippen LogP contribution in [0.2, 0.25) is 0 Å². The Morgan fingerprint density at radius 2 is 1.91 bits per heavy atom. The number of anilines is 1. The molecule has 7 heteroatoms. The van der Waals surface area contributed by atoms with Crippen molar-refractivity contribution < 1.29 is 19.5 Å². The van der Waals surface area contributed by atoms with Crippen LogP contribution in [0.25, 0.3) is 0 Å². The van der Waals surface area contributed by atoms with Gasteiger partial charge in [0, 0.05) is 10.3 Å². The first-order valence-electron chi connectivity index (χ1n) is 7.16. The summed E-state index contributed by atoms with van der Waals surface area (Å²) in [4.78, 5) is 36.2. The van der Waals surface area contributed by atoms with Gasteiger partial charge in [0.25, 0.3) is 5.91 Å². The lowest BCUT2D eigenvalue weighted by molar-refractivity contribution is -0.135. The highest BCUT2D eigenvalue weighted by Gasteiger charge is 2.29. The van der Waals surface area contributed by atoms with Gasteiger partial charge in [-0.2, -0.15) is 0 Å². The normalized spacial score (nSPS) is 13.6. The average molecular weight is 324 g/mol. The molecule has 0 spiro atoms. The van der Waals surface area contributed by atoms with Crippen LogP contribution < -0.4 is 10.6 Å². The van der Waals surface area contributed by atoms with Crippen LogP contribution in [0, 0.1) is 5.41 Å². The Kier molecular flexibility index (Phi) is 4.55. The van der Waals surface area contributed by atoms with Gasteiger partial charge in [-0.1, -0.05) is 20.8 Å². The van der Waals surface area contributed by atoms with Crippen LogP contribution in [0.3, 0.4) is 0 Å². The van der Waals surface area contributed by atoms with Crippen LogP contribution in [0.5, 0.6) is 0 Å². The fourth-order valence-electron chi connectivity index (χ4n) is 2.27.